The van der Waals surface area contributed by atoms with Crippen molar-refractivity contribution < 1.29 is 14.0 Å². The molecule has 1 saturated heterocycles. The number of hydrogen-bond acceptors (Lipinski definition) is 2. The third kappa shape index (κ3) is 3.56. The molecule has 4 nitrogen and oxygen atoms in total. The van der Waals surface area contributed by atoms with E-state index in [2.05, 4.69) is 0 Å². The van der Waals surface area contributed by atoms with Crippen molar-refractivity contribution in [2.75, 3.05) is 24.5 Å². The molecule has 0 spiro atoms. The highest BCUT2D eigenvalue weighted by molar-refractivity contribution is 5.98. The van der Waals surface area contributed by atoms with Crippen LogP contribution in [0.15, 0.2) is 54.6 Å². The molecule has 0 bridgehead atoms. The quantitative estimate of drug-likeness (QED) is 0.872. The van der Waals surface area contributed by atoms with Crippen molar-refractivity contribution in [2.24, 2.45) is 0 Å². The highest BCUT2D eigenvalue weighted by Gasteiger charge is 2.27. The van der Waals surface area contributed by atoms with Gasteiger partial charge in [0.05, 0.1) is 6.42 Å². The molecule has 0 radical (unpaired) electrons. The first kappa shape index (κ1) is 15.2. The van der Waals surface area contributed by atoms with Gasteiger partial charge in [0, 0.05) is 18.8 Å². The van der Waals surface area contributed by atoms with Gasteiger partial charge in [-0.2, -0.15) is 0 Å². The number of nitrogens with zero attached hydrogens (tertiary/aromatic N) is 2. The normalized spacial score (nSPS) is 14.9. The number of hydrogen-bond donors (Lipinski definition) is 0. The van der Waals surface area contributed by atoms with Crippen LogP contribution in [-0.2, 0) is 16.0 Å². The van der Waals surface area contributed by atoms with Crippen LogP contribution >= 0.6 is 0 Å². The number of benzene rings is 2. The number of carbonyl (C=O) groups excluding carboxylic acids is 2. The van der Waals surface area contributed by atoms with Gasteiger partial charge in [0.25, 0.3) is 0 Å². The zero-order chi connectivity index (χ0) is 16.2. The molecule has 3 rings (SSSR count). The Bertz CT molecular complexity index is 718. The van der Waals surface area contributed by atoms with Gasteiger partial charge in [-0.05, 0) is 29.8 Å². The molecule has 5 heteroatoms. The Balaban J connectivity index is 1.63. The van der Waals surface area contributed by atoms with Crippen molar-refractivity contribution >= 4 is 17.5 Å². The van der Waals surface area contributed by atoms with Gasteiger partial charge in [-0.15, -0.1) is 0 Å². The van der Waals surface area contributed by atoms with Gasteiger partial charge >= 0.3 is 0 Å². The van der Waals surface area contributed by atoms with Crippen molar-refractivity contribution in [2.45, 2.75) is 6.42 Å². The lowest BCUT2D eigenvalue weighted by molar-refractivity contribution is -0.136. The highest BCUT2D eigenvalue weighted by Crippen LogP contribution is 2.17. The fourth-order valence-electron chi connectivity index (χ4n) is 2.70. The van der Waals surface area contributed by atoms with Gasteiger partial charge in [0.15, 0.2) is 0 Å². The van der Waals surface area contributed by atoms with E-state index in [4.69, 9.17) is 0 Å². The number of amides is 2. The number of carbonyl (C=O) groups is 2. The molecule has 0 N–H and O–H groups in total. The fraction of sp³-hybridized carbons (Fsp3) is 0.222. The summed E-state index contributed by atoms with van der Waals surface area (Å²) in [6.45, 7) is 1.01. The van der Waals surface area contributed by atoms with Crippen LogP contribution in [-0.4, -0.2) is 36.3 Å². The van der Waals surface area contributed by atoms with E-state index in [-0.39, 0.29) is 30.6 Å². The molecule has 0 aromatic heterocycles. The van der Waals surface area contributed by atoms with Gasteiger partial charge in [-0.25, -0.2) is 4.39 Å². The highest BCUT2D eigenvalue weighted by atomic mass is 19.1. The average molecular weight is 312 g/mol. The largest absolute Gasteiger partial charge is 0.331 e. The summed E-state index contributed by atoms with van der Waals surface area (Å²) in [5, 5.41) is 0. The van der Waals surface area contributed by atoms with E-state index in [9.17, 15) is 14.0 Å². The summed E-state index contributed by atoms with van der Waals surface area (Å²) in [5.41, 5.74) is 1.46. The second-order valence-electron chi connectivity index (χ2n) is 5.50. The summed E-state index contributed by atoms with van der Waals surface area (Å²) in [4.78, 5) is 27.8. The number of para-hydroxylation sites is 1. The van der Waals surface area contributed by atoms with Crippen molar-refractivity contribution in [3.63, 3.8) is 0 Å². The maximum atomic E-state index is 13.2. The Kier molecular flexibility index (Phi) is 4.37. The molecule has 0 saturated carbocycles. The molecule has 23 heavy (non-hydrogen) atoms. The Morgan fingerprint density at radius 3 is 2.52 bits per heavy atom. The molecule has 0 aliphatic carbocycles. The van der Waals surface area contributed by atoms with E-state index in [1.807, 2.05) is 30.3 Å². The van der Waals surface area contributed by atoms with Crippen molar-refractivity contribution in [1.82, 2.24) is 4.90 Å². The number of anilines is 1. The maximum Gasteiger partial charge on any atom is 0.246 e. The number of halogens is 1. The zero-order valence-electron chi connectivity index (χ0n) is 12.6. The van der Waals surface area contributed by atoms with Crippen LogP contribution in [0, 0.1) is 5.82 Å². The maximum absolute atomic E-state index is 13.2. The Hall–Kier alpha value is -2.69. The van der Waals surface area contributed by atoms with Crippen LogP contribution in [0.5, 0.6) is 0 Å². The molecule has 2 amide bonds. The van der Waals surface area contributed by atoms with Crippen LogP contribution < -0.4 is 4.90 Å². The van der Waals surface area contributed by atoms with Gasteiger partial charge in [-0.3, -0.25) is 9.59 Å². The van der Waals surface area contributed by atoms with E-state index in [0.29, 0.717) is 18.7 Å². The monoisotopic (exact) mass is 312 g/mol. The third-order valence-corrected chi connectivity index (χ3v) is 3.89. The molecule has 118 valence electrons. The summed E-state index contributed by atoms with van der Waals surface area (Å²) < 4.78 is 13.2. The van der Waals surface area contributed by atoms with E-state index in [1.54, 1.807) is 17.0 Å². The van der Waals surface area contributed by atoms with Gasteiger partial charge in [0.1, 0.15) is 12.4 Å². The first-order valence-electron chi connectivity index (χ1n) is 7.51. The van der Waals surface area contributed by atoms with Crippen molar-refractivity contribution in [3.8, 4) is 0 Å². The minimum absolute atomic E-state index is 0.0586. The molecule has 0 unspecified atom stereocenters. The van der Waals surface area contributed by atoms with Crippen LogP contribution in [0.3, 0.4) is 0 Å². The van der Waals surface area contributed by atoms with E-state index >= 15 is 0 Å². The van der Waals surface area contributed by atoms with Gasteiger partial charge in [-0.1, -0.05) is 30.3 Å². The zero-order valence-corrected chi connectivity index (χ0v) is 12.6. The molecular weight excluding hydrogens is 295 g/mol. The third-order valence-electron chi connectivity index (χ3n) is 3.89. The van der Waals surface area contributed by atoms with E-state index < -0.39 is 0 Å². The Labute approximate surface area is 134 Å². The molecule has 2 aromatic carbocycles. The fourth-order valence-corrected chi connectivity index (χ4v) is 2.70. The molecule has 0 atom stereocenters. The summed E-state index contributed by atoms with van der Waals surface area (Å²) in [7, 11) is 0. The van der Waals surface area contributed by atoms with E-state index in [1.165, 1.54) is 17.0 Å². The van der Waals surface area contributed by atoms with Gasteiger partial charge in [0.2, 0.25) is 11.8 Å². The Morgan fingerprint density at radius 2 is 1.83 bits per heavy atom. The summed E-state index contributed by atoms with van der Waals surface area (Å²) in [5.74, 6) is -0.619. The summed E-state index contributed by atoms with van der Waals surface area (Å²) >= 11 is 0. The predicted octanol–water partition coefficient (Wildman–Crippen LogP) is 2.24. The van der Waals surface area contributed by atoms with Crippen LogP contribution in [0.1, 0.15) is 5.56 Å². The molecule has 1 aliphatic heterocycles. The van der Waals surface area contributed by atoms with Crippen LogP contribution in [0.2, 0.25) is 0 Å². The van der Waals surface area contributed by atoms with Crippen molar-refractivity contribution in [1.29, 1.82) is 0 Å². The first-order chi connectivity index (χ1) is 11.1. The second kappa shape index (κ2) is 6.60. The SMILES string of the molecule is O=C(Cc1cccc(F)c1)N1CCN(c2ccccc2)C(=O)C1. The van der Waals surface area contributed by atoms with Crippen molar-refractivity contribution in [3.05, 3.63) is 66.0 Å². The minimum Gasteiger partial charge on any atom is -0.331 e. The molecule has 1 fully saturated rings. The van der Waals surface area contributed by atoms with Crippen LogP contribution in [0.4, 0.5) is 10.1 Å². The van der Waals surface area contributed by atoms with Crippen LogP contribution in [0.25, 0.3) is 0 Å². The lowest BCUT2D eigenvalue weighted by Gasteiger charge is -2.34. The molecular formula is C18H17FN2O2. The first-order valence-corrected chi connectivity index (χ1v) is 7.51. The predicted molar refractivity (Wildman–Crippen MR) is 85.5 cm³/mol. The lowest BCUT2D eigenvalue weighted by atomic mass is 10.1. The molecule has 1 heterocycles. The van der Waals surface area contributed by atoms with E-state index in [0.717, 1.165) is 5.69 Å². The minimum atomic E-state index is -0.361. The molecule has 2 aromatic rings. The number of piperazine rings is 1. The lowest BCUT2D eigenvalue weighted by Crippen LogP contribution is -2.52. The summed E-state index contributed by atoms with van der Waals surface area (Å²) in [6.07, 6.45) is 0.108. The standard InChI is InChI=1S/C18H17FN2O2/c19-15-6-4-5-14(11-15)12-17(22)20-9-10-21(18(23)13-20)16-7-2-1-3-8-16/h1-8,11H,9-10,12-13H2. The molecule has 1 aliphatic rings. The number of rotatable bonds is 3. The topological polar surface area (TPSA) is 40.6 Å². The summed E-state index contributed by atoms with van der Waals surface area (Å²) in [6, 6.07) is 15.4. The average Bonchev–Trinajstić information content (AvgIpc) is 2.55. The second-order valence-corrected chi connectivity index (χ2v) is 5.50. The smallest absolute Gasteiger partial charge is 0.246 e. The van der Waals surface area contributed by atoms with Gasteiger partial charge < -0.3 is 9.80 Å². The Morgan fingerprint density at radius 1 is 1.04 bits per heavy atom.